The van der Waals surface area contributed by atoms with Gasteiger partial charge in [0.2, 0.25) is 5.95 Å². The highest BCUT2D eigenvalue weighted by atomic mass is 35.5. The van der Waals surface area contributed by atoms with Crippen molar-refractivity contribution >= 4 is 52.4 Å². The predicted molar refractivity (Wildman–Crippen MR) is 117 cm³/mol. The number of hydrogen-bond acceptors (Lipinski definition) is 7. The molecule has 0 saturated heterocycles. The lowest BCUT2D eigenvalue weighted by molar-refractivity contribution is 0.203. The fourth-order valence-corrected chi connectivity index (χ4v) is 4.19. The largest absolute Gasteiger partial charge is 0.465 e. The van der Waals surface area contributed by atoms with E-state index in [4.69, 9.17) is 33.9 Å². The Morgan fingerprint density at radius 3 is 2.70 bits per heavy atom. The van der Waals surface area contributed by atoms with Gasteiger partial charge in [-0.1, -0.05) is 23.2 Å². The average Bonchev–Trinajstić information content (AvgIpc) is 3.34. The minimum atomic E-state index is -1.12. The van der Waals surface area contributed by atoms with E-state index in [-0.39, 0.29) is 11.8 Å². The second kappa shape index (κ2) is 7.90. The highest BCUT2D eigenvalue weighted by Gasteiger charge is 2.21. The number of hydrogen-bond donors (Lipinski definition) is 3. The first-order valence-electron chi connectivity index (χ1n) is 8.41. The molecule has 4 aromatic rings. The molecular weight excluding hydrogens is 449 g/mol. The van der Waals surface area contributed by atoms with E-state index in [2.05, 4.69) is 20.2 Å². The number of nitrogens with two attached hydrogens (primary N) is 1. The SMILES string of the molecule is CN(C(=O)O)c1cc(-c2nc(-c3ccc(Cl)cc3Cl)c(-c3nc(N)n[nH]3)s2)ccn1. The Labute approximate surface area is 184 Å². The summed E-state index contributed by atoms with van der Waals surface area (Å²) < 4.78 is 0. The zero-order valence-electron chi connectivity index (χ0n) is 15.3. The van der Waals surface area contributed by atoms with E-state index in [0.29, 0.717) is 42.6 Å². The number of nitrogen functional groups attached to an aromatic ring is 1. The van der Waals surface area contributed by atoms with E-state index in [1.54, 1.807) is 30.3 Å². The van der Waals surface area contributed by atoms with Crippen LogP contribution in [0.2, 0.25) is 10.0 Å². The van der Waals surface area contributed by atoms with Gasteiger partial charge in [0.05, 0.1) is 15.6 Å². The Kier molecular flexibility index (Phi) is 5.29. The number of carbonyl (C=O) groups is 1. The monoisotopic (exact) mass is 461 g/mol. The van der Waals surface area contributed by atoms with Crippen molar-refractivity contribution in [3.63, 3.8) is 0 Å². The van der Waals surface area contributed by atoms with Crippen molar-refractivity contribution in [2.75, 3.05) is 17.7 Å². The van der Waals surface area contributed by atoms with Crippen molar-refractivity contribution in [1.29, 1.82) is 0 Å². The molecule has 3 heterocycles. The molecule has 4 rings (SSSR count). The predicted octanol–water partition coefficient (Wildman–Crippen LogP) is 4.66. The standard InChI is InChI=1S/C18H13Cl2N7O2S/c1-27(18(28)29)12-6-8(4-5-22-12)16-23-13(10-3-2-9(19)7-11(10)20)14(30-16)15-24-17(21)26-25-15/h2-7H,1H3,(H,28,29)(H3,21,24,25,26). The zero-order valence-corrected chi connectivity index (χ0v) is 17.6. The summed E-state index contributed by atoms with van der Waals surface area (Å²) >= 11 is 13.8. The van der Waals surface area contributed by atoms with E-state index >= 15 is 0 Å². The molecule has 1 amide bonds. The van der Waals surface area contributed by atoms with Crippen molar-refractivity contribution in [3.8, 4) is 32.5 Å². The maximum atomic E-state index is 11.3. The number of halogens is 2. The lowest BCUT2D eigenvalue weighted by Gasteiger charge is -2.11. The molecule has 0 unspecified atom stereocenters. The van der Waals surface area contributed by atoms with Crippen molar-refractivity contribution < 1.29 is 9.90 Å². The van der Waals surface area contributed by atoms with Crippen LogP contribution < -0.4 is 10.6 Å². The molecule has 0 aliphatic carbocycles. The van der Waals surface area contributed by atoms with E-state index in [1.165, 1.54) is 24.6 Å². The first kappa shape index (κ1) is 20.1. The molecule has 9 nitrogen and oxygen atoms in total. The maximum Gasteiger partial charge on any atom is 0.412 e. The summed E-state index contributed by atoms with van der Waals surface area (Å²) in [6.07, 6.45) is 0.400. The molecule has 0 aliphatic rings. The van der Waals surface area contributed by atoms with E-state index < -0.39 is 6.09 Å². The molecule has 30 heavy (non-hydrogen) atoms. The first-order valence-corrected chi connectivity index (χ1v) is 9.98. The van der Waals surface area contributed by atoms with Crippen LogP contribution in [0.3, 0.4) is 0 Å². The highest BCUT2D eigenvalue weighted by Crippen LogP contribution is 2.42. The van der Waals surface area contributed by atoms with Gasteiger partial charge in [-0.25, -0.2) is 14.8 Å². The molecule has 0 atom stereocenters. The maximum absolute atomic E-state index is 11.3. The summed E-state index contributed by atoms with van der Waals surface area (Å²) in [7, 11) is 1.41. The minimum absolute atomic E-state index is 0.0994. The first-order chi connectivity index (χ1) is 14.3. The molecule has 0 fully saturated rings. The Hall–Kier alpha value is -3.21. The molecule has 1 aromatic carbocycles. The molecule has 0 radical (unpaired) electrons. The minimum Gasteiger partial charge on any atom is -0.465 e. The lowest BCUT2D eigenvalue weighted by Crippen LogP contribution is -2.24. The number of pyridine rings is 1. The van der Waals surface area contributed by atoms with Crippen LogP contribution in [0, 0.1) is 0 Å². The third-order valence-corrected chi connectivity index (χ3v) is 5.81. The van der Waals surface area contributed by atoms with Gasteiger partial charge in [-0.05, 0) is 30.3 Å². The molecule has 3 aromatic heterocycles. The summed E-state index contributed by atoms with van der Waals surface area (Å²) in [5.74, 6) is 0.809. The molecule has 0 spiro atoms. The van der Waals surface area contributed by atoms with Crippen LogP contribution >= 0.6 is 34.5 Å². The number of amides is 1. The number of nitrogens with zero attached hydrogens (tertiary/aromatic N) is 5. The molecule has 0 bridgehead atoms. The molecular formula is C18H13Cl2N7O2S. The Morgan fingerprint density at radius 2 is 2.03 bits per heavy atom. The normalized spacial score (nSPS) is 10.9. The molecule has 12 heteroatoms. The number of carboxylic acid groups (broad SMARTS) is 1. The number of aromatic amines is 1. The molecule has 152 valence electrons. The molecule has 4 N–H and O–H groups in total. The quantitative estimate of drug-likeness (QED) is 0.402. The zero-order chi connectivity index (χ0) is 21.4. The van der Waals surface area contributed by atoms with Gasteiger partial charge in [0.15, 0.2) is 5.82 Å². The number of benzene rings is 1. The van der Waals surface area contributed by atoms with Crippen molar-refractivity contribution in [3.05, 3.63) is 46.6 Å². The molecule has 0 aliphatic heterocycles. The Bertz CT molecular complexity index is 1260. The third-order valence-electron chi connectivity index (χ3n) is 4.15. The van der Waals surface area contributed by atoms with Crippen LogP contribution in [0.15, 0.2) is 36.5 Å². The van der Waals surface area contributed by atoms with Gasteiger partial charge in [-0.3, -0.25) is 10.00 Å². The fourth-order valence-electron chi connectivity index (χ4n) is 2.68. The lowest BCUT2D eigenvalue weighted by atomic mass is 10.1. The third kappa shape index (κ3) is 3.80. The Balaban J connectivity index is 1.88. The summed E-state index contributed by atoms with van der Waals surface area (Å²) in [6, 6.07) is 8.49. The average molecular weight is 462 g/mol. The van der Waals surface area contributed by atoms with Crippen LogP contribution in [0.4, 0.5) is 16.6 Å². The van der Waals surface area contributed by atoms with Crippen LogP contribution in [0.1, 0.15) is 0 Å². The summed E-state index contributed by atoms with van der Waals surface area (Å²) in [5, 5.41) is 17.4. The summed E-state index contributed by atoms with van der Waals surface area (Å²) in [6.45, 7) is 0. The van der Waals surface area contributed by atoms with Crippen LogP contribution in [-0.2, 0) is 0 Å². The number of anilines is 2. The van der Waals surface area contributed by atoms with Crippen LogP contribution in [0.5, 0.6) is 0 Å². The summed E-state index contributed by atoms with van der Waals surface area (Å²) in [4.78, 5) is 26.0. The van der Waals surface area contributed by atoms with Gasteiger partial charge >= 0.3 is 6.09 Å². The summed E-state index contributed by atoms with van der Waals surface area (Å²) in [5.41, 5.74) is 7.58. The second-order valence-corrected chi connectivity index (χ2v) is 7.95. The number of rotatable bonds is 4. The van der Waals surface area contributed by atoms with Gasteiger partial charge in [0.25, 0.3) is 0 Å². The van der Waals surface area contributed by atoms with Gasteiger partial charge in [-0.15, -0.1) is 16.4 Å². The number of thiazole rings is 1. The van der Waals surface area contributed by atoms with E-state index in [9.17, 15) is 9.90 Å². The van der Waals surface area contributed by atoms with Gasteiger partial charge in [0.1, 0.15) is 10.8 Å². The van der Waals surface area contributed by atoms with Gasteiger partial charge in [0, 0.05) is 29.4 Å². The van der Waals surface area contributed by atoms with E-state index in [1.807, 2.05) is 0 Å². The smallest absolute Gasteiger partial charge is 0.412 e. The van der Waals surface area contributed by atoms with Gasteiger partial charge in [-0.2, -0.15) is 4.98 Å². The van der Waals surface area contributed by atoms with Crippen molar-refractivity contribution in [1.82, 2.24) is 25.1 Å². The number of H-pyrrole nitrogens is 1. The van der Waals surface area contributed by atoms with Gasteiger partial charge < -0.3 is 10.8 Å². The van der Waals surface area contributed by atoms with Crippen LogP contribution in [-0.4, -0.2) is 43.4 Å². The topological polar surface area (TPSA) is 134 Å². The number of aromatic nitrogens is 5. The van der Waals surface area contributed by atoms with E-state index in [0.717, 1.165) is 4.90 Å². The number of nitrogens with one attached hydrogen (secondary N) is 1. The second-order valence-electron chi connectivity index (χ2n) is 6.11. The van der Waals surface area contributed by atoms with Crippen LogP contribution in [0.25, 0.3) is 32.5 Å². The van der Waals surface area contributed by atoms with Crippen molar-refractivity contribution in [2.24, 2.45) is 0 Å². The van der Waals surface area contributed by atoms with Crippen molar-refractivity contribution in [2.45, 2.75) is 0 Å². The Morgan fingerprint density at radius 1 is 1.23 bits per heavy atom. The molecule has 0 saturated carbocycles. The fraction of sp³-hybridized carbons (Fsp3) is 0.0556. The highest BCUT2D eigenvalue weighted by molar-refractivity contribution is 7.18.